The third-order valence-corrected chi connectivity index (χ3v) is 2.32. The Kier molecular flexibility index (Phi) is 4.16. The lowest BCUT2D eigenvalue weighted by Crippen LogP contribution is -2.23. The Morgan fingerprint density at radius 1 is 1.20 bits per heavy atom. The van der Waals surface area contributed by atoms with Crippen molar-refractivity contribution in [2.45, 2.75) is 0 Å². The maximum atomic E-state index is 10.7. The number of halogens is 1. The Morgan fingerprint density at radius 2 is 1.85 bits per heavy atom. The molecule has 1 aromatic carbocycles. The average Bonchev–Trinajstić information content (AvgIpc) is 2.38. The number of amides is 1. The number of phenols is 1. The summed E-state index contributed by atoms with van der Waals surface area (Å²) in [5.41, 5.74) is 5.67. The fourth-order valence-corrected chi connectivity index (χ4v) is 1.49. The lowest BCUT2D eigenvalue weighted by Gasteiger charge is -2.07. The highest BCUT2D eigenvalue weighted by Crippen LogP contribution is 2.18. The molecule has 0 bridgehead atoms. The minimum Gasteiger partial charge on any atom is -0.508 e. The second kappa shape index (κ2) is 6.02. The van der Waals surface area contributed by atoms with Crippen LogP contribution in [0.1, 0.15) is 0 Å². The first-order valence-electron chi connectivity index (χ1n) is 5.53. The van der Waals surface area contributed by atoms with E-state index in [4.69, 9.17) is 17.3 Å². The summed E-state index contributed by atoms with van der Waals surface area (Å²) >= 11 is 5.76. The number of anilines is 3. The maximum absolute atomic E-state index is 10.7. The molecule has 2 rings (SSSR count). The molecule has 0 saturated heterocycles. The number of carbonyl (C=O) groups is 1. The normalized spacial score (nSPS) is 10.1. The number of nitrogens with two attached hydrogens (primary N) is 1. The predicted octanol–water partition coefficient (Wildman–Crippen LogP) is 0.871. The summed E-state index contributed by atoms with van der Waals surface area (Å²) in [6.45, 7) is -0.112. The number of aromatic hydroxyl groups is 1. The van der Waals surface area contributed by atoms with Crippen LogP contribution in [0.2, 0.25) is 5.28 Å². The van der Waals surface area contributed by atoms with Crippen molar-refractivity contribution < 1.29 is 9.90 Å². The molecule has 9 heteroatoms. The SMILES string of the molecule is NC(=O)CNc1nc(Cl)nc(Nc2ccc(O)cc2)n1. The molecule has 0 atom stereocenters. The summed E-state index contributed by atoms with van der Waals surface area (Å²) in [4.78, 5) is 22.4. The summed E-state index contributed by atoms with van der Waals surface area (Å²) in [6, 6.07) is 6.31. The highest BCUT2D eigenvalue weighted by Gasteiger charge is 2.06. The molecule has 0 fully saturated rings. The molecule has 0 aliphatic rings. The van der Waals surface area contributed by atoms with Crippen LogP contribution < -0.4 is 16.4 Å². The number of nitrogens with zero attached hydrogens (tertiary/aromatic N) is 3. The standard InChI is InChI=1S/C11H11ClN6O2/c12-9-16-10(14-5-8(13)20)18-11(17-9)15-6-1-3-7(19)4-2-6/h1-4,19H,5H2,(H2,13,20)(H2,14,15,16,17,18). The Balaban J connectivity index is 2.14. The molecule has 0 spiro atoms. The van der Waals surface area contributed by atoms with Gasteiger partial charge in [-0.2, -0.15) is 15.0 Å². The Labute approximate surface area is 119 Å². The van der Waals surface area contributed by atoms with Gasteiger partial charge < -0.3 is 21.5 Å². The van der Waals surface area contributed by atoms with Crippen molar-refractivity contribution in [1.29, 1.82) is 0 Å². The fourth-order valence-electron chi connectivity index (χ4n) is 1.33. The lowest BCUT2D eigenvalue weighted by molar-refractivity contribution is -0.116. The summed E-state index contributed by atoms with van der Waals surface area (Å²) in [5.74, 6) is -0.0737. The van der Waals surface area contributed by atoms with Gasteiger partial charge in [-0.25, -0.2) is 0 Å². The second-order valence-electron chi connectivity index (χ2n) is 3.74. The number of hydrogen-bond acceptors (Lipinski definition) is 7. The van der Waals surface area contributed by atoms with E-state index in [2.05, 4.69) is 25.6 Å². The van der Waals surface area contributed by atoms with Crippen molar-refractivity contribution in [3.8, 4) is 5.75 Å². The minimum absolute atomic E-state index is 0.0340. The molecule has 2 aromatic rings. The smallest absolute Gasteiger partial charge is 0.236 e. The van der Waals surface area contributed by atoms with Gasteiger partial charge in [-0.1, -0.05) is 0 Å². The summed E-state index contributed by atoms with van der Waals surface area (Å²) < 4.78 is 0. The lowest BCUT2D eigenvalue weighted by atomic mass is 10.3. The molecule has 1 heterocycles. The van der Waals surface area contributed by atoms with Gasteiger partial charge in [0.25, 0.3) is 0 Å². The first-order chi connectivity index (χ1) is 9.52. The number of carbonyl (C=O) groups excluding carboxylic acids is 1. The van der Waals surface area contributed by atoms with E-state index in [1.54, 1.807) is 12.1 Å². The van der Waals surface area contributed by atoms with Crippen molar-refractivity contribution in [2.24, 2.45) is 5.73 Å². The monoisotopic (exact) mass is 294 g/mol. The number of rotatable bonds is 5. The minimum atomic E-state index is -0.547. The van der Waals surface area contributed by atoms with Crippen molar-refractivity contribution in [3.05, 3.63) is 29.5 Å². The van der Waals surface area contributed by atoms with Crippen LogP contribution in [0.4, 0.5) is 17.6 Å². The van der Waals surface area contributed by atoms with Gasteiger partial charge in [-0.3, -0.25) is 4.79 Å². The highest BCUT2D eigenvalue weighted by atomic mass is 35.5. The number of primary amides is 1. The van der Waals surface area contributed by atoms with Crippen LogP contribution >= 0.6 is 11.6 Å². The van der Waals surface area contributed by atoms with E-state index in [1.165, 1.54) is 12.1 Å². The molecular formula is C11H11ClN6O2. The van der Waals surface area contributed by atoms with Crippen molar-refractivity contribution >= 4 is 35.1 Å². The first kappa shape index (κ1) is 13.8. The summed E-state index contributed by atoms with van der Waals surface area (Å²) in [7, 11) is 0. The van der Waals surface area contributed by atoms with E-state index in [1.807, 2.05) is 0 Å². The van der Waals surface area contributed by atoms with E-state index >= 15 is 0 Å². The molecule has 0 aliphatic carbocycles. The van der Waals surface area contributed by atoms with Crippen LogP contribution in [0.3, 0.4) is 0 Å². The van der Waals surface area contributed by atoms with Crippen LogP contribution in [0.15, 0.2) is 24.3 Å². The molecule has 0 unspecified atom stereocenters. The van der Waals surface area contributed by atoms with Crippen molar-refractivity contribution in [2.75, 3.05) is 17.2 Å². The molecule has 0 radical (unpaired) electrons. The summed E-state index contributed by atoms with van der Waals surface area (Å²) in [5, 5.41) is 14.7. The van der Waals surface area contributed by atoms with Crippen LogP contribution in [-0.2, 0) is 4.79 Å². The van der Waals surface area contributed by atoms with Gasteiger partial charge in [0.05, 0.1) is 6.54 Å². The Morgan fingerprint density at radius 3 is 2.50 bits per heavy atom. The molecule has 104 valence electrons. The van der Waals surface area contributed by atoms with Gasteiger partial charge in [0, 0.05) is 5.69 Å². The zero-order valence-electron chi connectivity index (χ0n) is 10.2. The molecule has 8 nitrogen and oxygen atoms in total. The highest BCUT2D eigenvalue weighted by molar-refractivity contribution is 6.28. The fraction of sp³-hybridized carbons (Fsp3) is 0.0909. The van der Waals surface area contributed by atoms with Gasteiger partial charge in [-0.05, 0) is 35.9 Å². The zero-order valence-corrected chi connectivity index (χ0v) is 10.9. The topological polar surface area (TPSA) is 126 Å². The maximum Gasteiger partial charge on any atom is 0.236 e. The number of benzene rings is 1. The van der Waals surface area contributed by atoms with E-state index in [9.17, 15) is 9.90 Å². The predicted molar refractivity (Wildman–Crippen MR) is 73.9 cm³/mol. The number of hydrogen-bond donors (Lipinski definition) is 4. The number of nitrogens with one attached hydrogen (secondary N) is 2. The van der Waals surface area contributed by atoms with E-state index in [0.29, 0.717) is 5.69 Å². The van der Waals surface area contributed by atoms with E-state index < -0.39 is 5.91 Å². The molecular weight excluding hydrogens is 284 g/mol. The van der Waals surface area contributed by atoms with Gasteiger partial charge in [0.1, 0.15) is 5.75 Å². The Hall–Kier alpha value is -2.61. The largest absolute Gasteiger partial charge is 0.508 e. The Bertz CT molecular complexity index is 619. The summed E-state index contributed by atoms with van der Waals surface area (Å²) in [6.07, 6.45) is 0. The third kappa shape index (κ3) is 3.95. The second-order valence-corrected chi connectivity index (χ2v) is 4.08. The van der Waals surface area contributed by atoms with Gasteiger partial charge >= 0.3 is 0 Å². The zero-order chi connectivity index (χ0) is 14.5. The van der Waals surface area contributed by atoms with Gasteiger partial charge in [0.15, 0.2) is 0 Å². The number of phenolic OH excluding ortho intramolecular Hbond substituents is 1. The van der Waals surface area contributed by atoms with Crippen LogP contribution in [0.25, 0.3) is 0 Å². The quantitative estimate of drug-likeness (QED) is 0.603. The molecule has 0 saturated carbocycles. The van der Waals surface area contributed by atoms with Crippen LogP contribution in [0.5, 0.6) is 5.75 Å². The van der Waals surface area contributed by atoms with E-state index in [-0.39, 0.29) is 29.5 Å². The molecule has 1 aromatic heterocycles. The van der Waals surface area contributed by atoms with Crippen molar-refractivity contribution in [3.63, 3.8) is 0 Å². The van der Waals surface area contributed by atoms with Crippen LogP contribution in [-0.4, -0.2) is 32.5 Å². The third-order valence-electron chi connectivity index (χ3n) is 2.15. The van der Waals surface area contributed by atoms with Gasteiger partial charge in [0.2, 0.25) is 23.1 Å². The molecule has 0 aliphatic heterocycles. The molecule has 5 N–H and O–H groups in total. The van der Waals surface area contributed by atoms with Crippen LogP contribution in [0, 0.1) is 0 Å². The van der Waals surface area contributed by atoms with E-state index in [0.717, 1.165) is 0 Å². The molecule has 20 heavy (non-hydrogen) atoms. The number of aromatic nitrogens is 3. The average molecular weight is 295 g/mol. The molecule has 1 amide bonds. The van der Waals surface area contributed by atoms with Gasteiger partial charge in [-0.15, -0.1) is 0 Å². The van der Waals surface area contributed by atoms with Crippen molar-refractivity contribution in [1.82, 2.24) is 15.0 Å². The first-order valence-corrected chi connectivity index (χ1v) is 5.90.